The Bertz CT molecular complexity index is 687. The van der Waals surface area contributed by atoms with Gasteiger partial charge in [-0.05, 0) is 24.6 Å². The molecule has 0 heterocycles. The van der Waals surface area contributed by atoms with E-state index in [9.17, 15) is 4.79 Å². The van der Waals surface area contributed by atoms with Crippen LogP contribution in [-0.2, 0) is 20.4 Å². The summed E-state index contributed by atoms with van der Waals surface area (Å²) >= 11 is 0. The molecule has 0 radical (unpaired) electrons. The largest absolute Gasteiger partial charge is 0.462 e. The summed E-state index contributed by atoms with van der Waals surface area (Å²) in [6.45, 7) is 1.90. The van der Waals surface area contributed by atoms with Crippen molar-refractivity contribution >= 4 is 28.7 Å². The number of hydrogen-bond acceptors (Lipinski definition) is 5. The minimum Gasteiger partial charge on any atom is -0.462 e. The Morgan fingerprint density at radius 1 is 1.42 bits per heavy atom. The first-order chi connectivity index (χ1) is 11.5. The quantitative estimate of drug-likeness (QED) is 0.268. The van der Waals surface area contributed by atoms with Crippen molar-refractivity contribution in [1.82, 2.24) is 4.72 Å². The summed E-state index contributed by atoms with van der Waals surface area (Å²) in [5.74, 6) is -0.658. The molecule has 8 heteroatoms. The van der Waals surface area contributed by atoms with E-state index in [1.165, 1.54) is 6.20 Å². The van der Waals surface area contributed by atoms with Crippen LogP contribution in [0.4, 0.5) is 5.69 Å². The first kappa shape index (κ1) is 19.4. The van der Waals surface area contributed by atoms with E-state index in [2.05, 4.69) is 14.3 Å². The first-order valence-electron chi connectivity index (χ1n) is 7.19. The average molecular weight is 347 g/mol. The maximum absolute atomic E-state index is 11.4. The third kappa shape index (κ3) is 6.62. The van der Waals surface area contributed by atoms with E-state index in [1.807, 2.05) is 43.3 Å². The van der Waals surface area contributed by atoms with Gasteiger partial charge in [-0.2, -0.15) is 10.4 Å². The van der Waals surface area contributed by atoms with Crippen LogP contribution in [0.3, 0.4) is 0 Å². The number of esters is 1. The van der Waals surface area contributed by atoms with E-state index in [4.69, 9.17) is 10.00 Å². The molecule has 0 amide bonds. The molecule has 1 aromatic rings. The molecule has 0 bridgehead atoms. The molecule has 1 N–H and O–H groups in total. The summed E-state index contributed by atoms with van der Waals surface area (Å²) in [4.78, 5) is 13.5. The van der Waals surface area contributed by atoms with Gasteiger partial charge in [0.25, 0.3) is 0 Å². The zero-order chi connectivity index (χ0) is 17.9. The van der Waals surface area contributed by atoms with E-state index >= 15 is 0 Å². The second-order valence-corrected chi connectivity index (χ2v) is 6.15. The number of hydrogen-bond donors (Lipinski definition) is 1. The molecular formula is C16H21N5O2S. The van der Waals surface area contributed by atoms with Gasteiger partial charge in [0.1, 0.15) is 6.07 Å². The number of carbonyl (C=O) groups excluding carboxylic acids is 1. The van der Waals surface area contributed by atoms with Gasteiger partial charge in [-0.1, -0.05) is 12.1 Å². The van der Waals surface area contributed by atoms with Crippen molar-refractivity contribution < 1.29 is 9.53 Å². The van der Waals surface area contributed by atoms with Crippen LogP contribution >= 0.6 is 0 Å². The Labute approximate surface area is 144 Å². The lowest BCUT2D eigenvalue weighted by Crippen LogP contribution is -2.13. The van der Waals surface area contributed by atoms with Crippen molar-refractivity contribution in [3.05, 3.63) is 41.6 Å². The lowest BCUT2D eigenvalue weighted by atomic mass is 10.2. The van der Waals surface area contributed by atoms with E-state index in [0.29, 0.717) is 0 Å². The highest BCUT2D eigenvalue weighted by Crippen LogP contribution is 2.10. The molecule has 0 aromatic heterocycles. The predicted molar refractivity (Wildman–Crippen MR) is 97.5 cm³/mol. The summed E-state index contributed by atoms with van der Waals surface area (Å²) in [6.07, 6.45) is 4.72. The summed E-state index contributed by atoms with van der Waals surface area (Å²) < 4.78 is 11.7. The molecule has 24 heavy (non-hydrogen) atoms. The van der Waals surface area contributed by atoms with E-state index in [0.717, 1.165) is 11.3 Å². The molecule has 0 saturated heterocycles. The normalized spacial score (nSPS) is 12.7. The van der Waals surface area contributed by atoms with Gasteiger partial charge in [0, 0.05) is 43.1 Å². The SMILES string of the molecule is CCOC(=O)C(C#N)=CNS(C)=NN=Cc1ccc(N(C)C)cc1. The second kappa shape index (κ2) is 10.2. The Morgan fingerprint density at radius 3 is 2.62 bits per heavy atom. The Balaban J connectivity index is 2.66. The molecule has 0 aliphatic heterocycles. The molecule has 7 nitrogen and oxygen atoms in total. The van der Waals surface area contributed by atoms with E-state index in [1.54, 1.807) is 25.5 Å². The molecular weight excluding hydrogens is 326 g/mol. The maximum Gasteiger partial charge on any atom is 0.350 e. The second-order valence-electron chi connectivity index (χ2n) is 4.80. The average Bonchev–Trinajstić information content (AvgIpc) is 2.56. The van der Waals surface area contributed by atoms with Crippen LogP contribution in [0.2, 0.25) is 0 Å². The topological polar surface area (TPSA) is 90.1 Å². The van der Waals surface area contributed by atoms with Crippen LogP contribution in [0.25, 0.3) is 0 Å². The van der Waals surface area contributed by atoms with Crippen LogP contribution in [0.5, 0.6) is 0 Å². The lowest BCUT2D eigenvalue weighted by Gasteiger charge is -2.11. The molecule has 128 valence electrons. The Morgan fingerprint density at radius 2 is 2.08 bits per heavy atom. The molecule has 1 atom stereocenters. The highest BCUT2D eigenvalue weighted by molar-refractivity contribution is 7.84. The fraction of sp³-hybridized carbons (Fsp3) is 0.312. The van der Waals surface area contributed by atoms with Gasteiger partial charge < -0.3 is 14.4 Å². The lowest BCUT2D eigenvalue weighted by molar-refractivity contribution is -0.138. The minimum absolute atomic E-state index is 0.102. The number of benzene rings is 1. The standard InChI is InChI=1S/C16H21N5O2S/c1-5-23-16(22)14(10-17)12-19-24(4)20-18-11-13-6-8-15(9-7-13)21(2)3/h6-9,11-12H,5H2,1-4H3,(H,19,20). The molecule has 0 fully saturated rings. The zero-order valence-electron chi connectivity index (χ0n) is 14.2. The third-order valence-corrected chi connectivity index (χ3v) is 3.57. The predicted octanol–water partition coefficient (Wildman–Crippen LogP) is 1.99. The van der Waals surface area contributed by atoms with Crippen LogP contribution < -0.4 is 9.62 Å². The molecule has 0 saturated carbocycles. The first-order valence-corrected chi connectivity index (χ1v) is 8.78. The van der Waals surface area contributed by atoms with Crippen LogP contribution in [-0.4, -0.2) is 39.1 Å². The van der Waals surface area contributed by atoms with Crippen LogP contribution in [0, 0.1) is 11.3 Å². The molecule has 0 spiro atoms. The zero-order valence-corrected chi connectivity index (χ0v) is 15.0. The smallest absolute Gasteiger partial charge is 0.350 e. The van der Waals surface area contributed by atoms with Crippen molar-refractivity contribution in [3.8, 4) is 6.07 Å². The van der Waals surface area contributed by atoms with Gasteiger partial charge in [-0.15, -0.1) is 4.47 Å². The van der Waals surface area contributed by atoms with Gasteiger partial charge >= 0.3 is 5.97 Å². The Kier molecular flexibility index (Phi) is 8.22. The number of nitriles is 1. The van der Waals surface area contributed by atoms with Gasteiger partial charge in [-0.3, -0.25) is 0 Å². The number of nitrogens with one attached hydrogen (secondary N) is 1. The number of ether oxygens (including phenoxy) is 1. The summed E-state index contributed by atoms with van der Waals surface area (Å²) in [7, 11) is 3.29. The van der Waals surface area contributed by atoms with Crippen molar-refractivity contribution in [2.75, 3.05) is 31.9 Å². The van der Waals surface area contributed by atoms with Gasteiger partial charge in [-0.25, -0.2) is 4.79 Å². The number of rotatable bonds is 7. The van der Waals surface area contributed by atoms with Crippen molar-refractivity contribution in [3.63, 3.8) is 0 Å². The molecule has 1 rings (SSSR count). The Hall–Kier alpha value is -2.66. The number of anilines is 1. The van der Waals surface area contributed by atoms with Crippen LogP contribution in [0.15, 0.2) is 45.6 Å². The monoisotopic (exact) mass is 347 g/mol. The fourth-order valence-corrected chi connectivity index (χ4v) is 2.06. The highest BCUT2D eigenvalue weighted by atomic mass is 32.2. The maximum atomic E-state index is 11.4. The van der Waals surface area contributed by atoms with Gasteiger partial charge in [0.15, 0.2) is 5.57 Å². The molecule has 0 aliphatic carbocycles. The van der Waals surface area contributed by atoms with Gasteiger partial charge in [0.05, 0.1) is 12.8 Å². The van der Waals surface area contributed by atoms with Crippen molar-refractivity contribution in [1.29, 1.82) is 5.26 Å². The molecule has 1 aromatic carbocycles. The third-order valence-electron chi connectivity index (χ3n) is 2.78. The number of carbonyl (C=O) groups is 1. The van der Waals surface area contributed by atoms with E-state index in [-0.39, 0.29) is 12.2 Å². The minimum atomic E-state index is -0.664. The molecule has 1 unspecified atom stereocenters. The summed E-state index contributed by atoms with van der Waals surface area (Å²) in [5, 5.41) is 12.9. The summed E-state index contributed by atoms with van der Waals surface area (Å²) in [5.41, 5.74) is 1.94. The fourth-order valence-electron chi connectivity index (χ4n) is 1.53. The van der Waals surface area contributed by atoms with Crippen molar-refractivity contribution in [2.24, 2.45) is 9.57 Å². The van der Waals surface area contributed by atoms with E-state index < -0.39 is 16.8 Å². The van der Waals surface area contributed by atoms with Gasteiger partial charge in [0.2, 0.25) is 0 Å². The highest BCUT2D eigenvalue weighted by Gasteiger charge is 2.08. The van der Waals surface area contributed by atoms with Crippen molar-refractivity contribution in [2.45, 2.75) is 6.92 Å². The van der Waals surface area contributed by atoms with Crippen LogP contribution in [0.1, 0.15) is 12.5 Å². The summed E-state index contributed by atoms with van der Waals surface area (Å²) in [6, 6.07) is 9.66. The molecule has 0 aliphatic rings. The number of nitrogens with zero attached hydrogens (tertiary/aromatic N) is 4.